The predicted octanol–water partition coefficient (Wildman–Crippen LogP) is 1.73. The molecule has 0 aromatic heterocycles. The first-order chi connectivity index (χ1) is 6.38. The summed E-state index contributed by atoms with van der Waals surface area (Å²) < 4.78 is 18.1. The molecule has 0 atom stereocenters. The molecular weight excluding hydrogens is 185 g/mol. The second-order valence-corrected chi connectivity index (χ2v) is 3.70. The normalized spacial score (nSPS) is 11.5. The van der Waals surface area contributed by atoms with Gasteiger partial charge in [0, 0.05) is 11.1 Å². The van der Waals surface area contributed by atoms with Gasteiger partial charge in [0.25, 0.3) is 0 Å². The molecule has 3 N–H and O–H groups in total. The second-order valence-electron chi connectivity index (χ2n) is 3.70. The summed E-state index contributed by atoms with van der Waals surface area (Å²) in [4.78, 5) is 0. The van der Waals surface area contributed by atoms with Crippen molar-refractivity contribution < 1.29 is 14.2 Å². The molecule has 0 aliphatic carbocycles. The van der Waals surface area contributed by atoms with Crippen LogP contribution in [0.4, 0.5) is 4.39 Å². The number of hydrogen-bond acceptors (Lipinski definition) is 3. The second kappa shape index (κ2) is 3.46. The van der Waals surface area contributed by atoms with Crippen LogP contribution >= 0.6 is 0 Å². The number of phenolic OH excluding ortho intramolecular Hbond substituents is 1. The van der Waals surface area contributed by atoms with Crippen LogP contribution in [-0.4, -0.2) is 12.2 Å². The first kappa shape index (κ1) is 10.8. The lowest BCUT2D eigenvalue weighted by Crippen LogP contribution is -2.28. The monoisotopic (exact) mass is 199 g/mol. The average Bonchev–Trinajstić information content (AvgIpc) is 2.07. The van der Waals surface area contributed by atoms with E-state index in [1.54, 1.807) is 19.9 Å². The molecule has 0 bridgehead atoms. The van der Waals surface area contributed by atoms with Gasteiger partial charge in [-0.1, -0.05) is 0 Å². The quantitative estimate of drug-likeness (QED) is 0.762. The average molecular weight is 199 g/mol. The highest BCUT2D eigenvalue weighted by molar-refractivity contribution is 5.44. The van der Waals surface area contributed by atoms with Crippen molar-refractivity contribution in [3.05, 3.63) is 23.5 Å². The minimum absolute atomic E-state index is 0.00972. The molecule has 0 saturated carbocycles. The van der Waals surface area contributed by atoms with E-state index in [1.807, 2.05) is 0 Å². The molecule has 4 heteroatoms. The third-order valence-electron chi connectivity index (χ3n) is 1.99. The van der Waals surface area contributed by atoms with Crippen LogP contribution in [0.5, 0.6) is 11.5 Å². The lowest BCUT2D eigenvalue weighted by atomic mass is 9.94. The van der Waals surface area contributed by atoms with Crippen LogP contribution in [0.3, 0.4) is 0 Å². The number of ether oxygens (including phenoxy) is 1. The van der Waals surface area contributed by atoms with Crippen molar-refractivity contribution >= 4 is 0 Å². The summed E-state index contributed by atoms with van der Waals surface area (Å²) in [5.41, 5.74) is 5.33. The Morgan fingerprint density at radius 1 is 1.43 bits per heavy atom. The van der Waals surface area contributed by atoms with Crippen LogP contribution < -0.4 is 10.5 Å². The Bertz CT molecular complexity index is 345. The molecule has 3 nitrogen and oxygen atoms in total. The fourth-order valence-electron chi connectivity index (χ4n) is 1.22. The predicted molar refractivity (Wildman–Crippen MR) is 51.8 cm³/mol. The molecule has 0 saturated heterocycles. The zero-order valence-electron chi connectivity index (χ0n) is 8.47. The molecule has 0 spiro atoms. The standard InChI is InChI=1S/C10H14FNO2/c1-10(2,12)6-4-5-7(14-3)8(11)9(6)13/h4-5,13H,12H2,1-3H3. The Morgan fingerprint density at radius 3 is 2.43 bits per heavy atom. The molecule has 1 aromatic rings. The van der Waals surface area contributed by atoms with E-state index < -0.39 is 17.1 Å². The first-order valence-corrected chi connectivity index (χ1v) is 4.22. The molecule has 0 heterocycles. The van der Waals surface area contributed by atoms with Gasteiger partial charge in [0.1, 0.15) is 0 Å². The van der Waals surface area contributed by atoms with E-state index >= 15 is 0 Å². The number of aromatic hydroxyl groups is 1. The van der Waals surface area contributed by atoms with E-state index in [1.165, 1.54) is 13.2 Å². The lowest BCUT2D eigenvalue weighted by Gasteiger charge is -2.21. The minimum Gasteiger partial charge on any atom is -0.504 e. The molecule has 0 radical (unpaired) electrons. The molecule has 78 valence electrons. The molecule has 0 aliphatic heterocycles. The van der Waals surface area contributed by atoms with Gasteiger partial charge in [-0.3, -0.25) is 0 Å². The van der Waals surface area contributed by atoms with Crippen molar-refractivity contribution in [2.45, 2.75) is 19.4 Å². The van der Waals surface area contributed by atoms with E-state index in [9.17, 15) is 9.50 Å². The molecule has 0 unspecified atom stereocenters. The van der Waals surface area contributed by atoms with Gasteiger partial charge in [-0.15, -0.1) is 0 Å². The van der Waals surface area contributed by atoms with Crippen LogP contribution in [0.25, 0.3) is 0 Å². The summed E-state index contributed by atoms with van der Waals surface area (Å²) >= 11 is 0. The number of nitrogens with two attached hydrogens (primary N) is 1. The zero-order valence-corrected chi connectivity index (χ0v) is 8.47. The van der Waals surface area contributed by atoms with Gasteiger partial charge in [0.15, 0.2) is 11.5 Å². The Kier molecular flexibility index (Phi) is 2.66. The minimum atomic E-state index is -0.781. The topological polar surface area (TPSA) is 55.5 Å². The Labute approximate surface area is 82.3 Å². The van der Waals surface area contributed by atoms with Crippen LogP contribution in [0.2, 0.25) is 0 Å². The number of hydrogen-bond donors (Lipinski definition) is 2. The van der Waals surface area contributed by atoms with Gasteiger partial charge in [-0.25, -0.2) is 0 Å². The van der Waals surface area contributed by atoms with Crippen molar-refractivity contribution in [1.82, 2.24) is 0 Å². The van der Waals surface area contributed by atoms with Crippen LogP contribution in [0.1, 0.15) is 19.4 Å². The third kappa shape index (κ3) is 1.80. The number of halogens is 1. The lowest BCUT2D eigenvalue weighted by molar-refractivity contribution is 0.355. The van der Waals surface area contributed by atoms with Crippen LogP contribution in [0, 0.1) is 5.82 Å². The van der Waals surface area contributed by atoms with Crippen molar-refractivity contribution in [2.24, 2.45) is 5.73 Å². The SMILES string of the molecule is COc1ccc(C(C)(C)N)c(O)c1F. The maximum absolute atomic E-state index is 13.4. The maximum atomic E-state index is 13.4. The summed E-state index contributed by atoms with van der Waals surface area (Å²) in [6, 6.07) is 3.00. The molecule has 14 heavy (non-hydrogen) atoms. The van der Waals surface area contributed by atoms with Crippen molar-refractivity contribution in [2.75, 3.05) is 7.11 Å². The third-order valence-corrected chi connectivity index (χ3v) is 1.99. The highest BCUT2D eigenvalue weighted by atomic mass is 19.1. The molecule has 0 aliphatic rings. The largest absolute Gasteiger partial charge is 0.504 e. The fourth-order valence-corrected chi connectivity index (χ4v) is 1.22. The molecule has 1 aromatic carbocycles. The molecule has 1 rings (SSSR count). The zero-order chi connectivity index (χ0) is 10.9. The summed E-state index contributed by atoms with van der Waals surface area (Å²) in [7, 11) is 1.34. The highest BCUT2D eigenvalue weighted by Gasteiger charge is 2.22. The van der Waals surface area contributed by atoms with Crippen LogP contribution in [-0.2, 0) is 5.54 Å². The highest BCUT2D eigenvalue weighted by Crippen LogP contribution is 2.34. The van der Waals surface area contributed by atoms with E-state index in [0.29, 0.717) is 5.56 Å². The first-order valence-electron chi connectivity index (χ1n) is 4.22. The maximum Gasteiger partial charge on any atom is 0.206 e. The Morgan fingerprint density at radius 2 is 2.00 bits per heavy atom. The number of methoxy groups -OCH3 is 1. The molecule has 0 fully saturated rings. The number of phenols is 1. The fraction of sp³-hybridized carbons (Fsp3) is 0.400. The summed E-state index contributed by atoms with van der Waals surface area (Å²) in [5.74, 6) is -1.21. The van der Waals surface area contributed by atoms with E-state index in [4.69, 9.17) is 10.5 Å². The van der Waals surface area contributed by atoms with Crippen molar-refractivity contribution in [1.29, 1.82) is 0 Å². The Hall–Kier alpha value is -1.29. The van der Waals surface area contributed by atoms with Crippen molar-refractivity contribution in [3.63, 3.8) is 0 Å². The van der Waals surface area contributed by atoms with Crippen LogP contribution in [0.15, 0.2) is 12.1 Å². The summed E-state index contributed by atoms with van der Waals surface area (Å²) in [6.45, 7) is 3.38. The Balaban J connectivity index is 3.31. The van der Waals surface area contributed by atoms with Gasteiger partial charge in [0.2, 0.25) is 5.82 Å². The van der Waals surface area contributed by atoms with Gasteiger partial charge in [-0.2, -0.15) is 4.39 Å². The molecule has 0 amide bonds. The van der Waals surface area contributed by atoms with Gasteiger partial charge in [-0.05, 0) is 26.0 Å². The van der Waals surface area contributed by atoms with E-state index in [0.717, 1.165) is 0 Å². The van der Waals surface area contributed by atoms with Gasteiger partial charge < -0.3 is 15.6 Å². The van der Waals surface area contributed by atoms with Gasteiger partial charge in [0.05, 0.1) is 7.11 Å². The van der Waals surface area contributed by atoms with E-state index in [-0.39, 0.29) is 5.75 Å². The molecular formula is C10H14FNO2. The summed E-state index contributed by atoms with van der Waals surface area (Å²) in [5, 5.41) is 9.51. The number of benzene rings is 1. The van der Waals surface area contributed by atoms with E-state index in [2.05, 4.69) is 0 Å². The van der Waals surface area contributed by atoms with Crippen molar-refractivity contribution in [3.8, 4) is 11.5 Å². The number of rotatable bonds is 2. The smallest absolute Gasteiger partial charge is 0.206 e. The summed E-state index contributed by atoms with van der Waals surface area (Å²) in [6.07, 6.45) is 0. The van der Waals surface area contributed by atoms with Gasteiger partial charge >= 0.3 is 0 Å².